The molecular formula is C11H14FN3O2. The van der Waals surface area contributed by atoms with Crippen LogP contribution in [0.25, 0.3) is 0 Å². The molecule has 0 bridgehead atoms. The van der Waals surface area contributed by atoms with E-state index >= 15 is 0 Å². The van der Waals surface area contributed by atoms with Crippen LogP contribution in [0.3, 0.4) is 0 Å². The fraction of sp³-hybridized carbons (Fsp3) is 0.455. The van der Waals surface area contributed by atoms with Crippen LogP contribution < -0.4 is 11.1 Å². The first-order valence-corrected chi connectivity index (χ1v) is 5.47. The molecule has 0 atom stereocenters. The normalized spacial score (nSPS) is 17.3. The van der Waals surface area contributed by atoms with Crippen molar-refractivity contribution in [1.82, 2.24) is 0 Å². The zero-order valence-electron chi connectivity index (χ0n) is 9.28. The fourth-order valence-corrected chi connectivity index (χ4v) is 1.84. The smallest absolute Gasteiger partial charge is 0.272 e. The quantitative estimate of drug-likeness (QED) is 0.622. The monoisotopic (exact) mass is 239 g/mol. The molecule has 0 saturated heterocycles. The lowest BCUT2D eigenvalue weighted by Crippen LogP contribution is -2.52. The van der Waals surface area contributed by atoms with Crippen molar-refractivity contribution in [2.45, 2.75) is 24.8 Å². The minimum atomic E-state index is -0.623. The van der Waals surface area contributed by atoms with E-state index < -0.39 is 10.7 Å². The van der Waals surface area contributed by atoms with Gasteiger partial charge < -0.3 is 11.1 Å². The molecule has 0 radical (unpaired) electrons. The number of anilines is 1. The Kier molecular flexibility index (Phi) is 2.97. The average molecular weight is 239 g/mol. The van der Waals surface area contributed by atoms with Gasteiger partial charge in [-0.1, -0.05) is 0 Å². The van der Waals surface area contributed by atoms with Crippen molar-refractivity contribution < 1.29 is 9.31 Å². The summed E-state index contributed by atoms with van der Waals surface area (Å²) in [6, 6.07) is 3.55. The Morgan fingerprint density at radius 3 is 2.71 bits per heavy atom. The number of rotatable bonds is 4. The molecule has 2 rings (SSSR count). The third kappa shape index (κ3) is 2.52. The van der Waals surface area contributed by atoms with Gasteiger partial charge in [-0.05, 0) is 25.3 Å². The summed E-state index contributed by atoms with van der Waals surface area (Å²) in [5.41, 5.74) is 5.74. The van der Waals surface area contributed by atoms with E-state index in [1.54, 1.807) is 0 Å². The number of non-ortho nitro benzene ring substituents is 1. The predicted molar refractivity (Wildman–Crippen MR) is 62.3 cm³/mol. The molecule has 1 fully saturated rings. The van der Waals surface area contributed by atoms with Gasteiger partial charge in [0.1, 0.15) is 0 Å². The highest BCUT2D eigenvalue weighted by Crippen LogP contribution is 2.30. The van der Waals surface area contributed by atoms with Crippen molar-refractivity contribution >= 4 is 11.4 Å². The van der Waals surface area contributed by atoms with Crippen molar-refractivity contribution in [2.24, 2.45) is 5.73 Å². The fourth-order valence-electron chi connectivity index (χ4n) is 1.84. The Balaban J connectivity index is 2.03. The van der Waals surface area contributed by atoms with Gasteiger partial charge in [0, 0.05) is 18.2 Å². The molecule has 5 nitrogen and oxygen atoms in total. The van der Waals surface area contributed by atoms with E-state index in [2.05, 4.69) is 5.32 Å². The first-order valence-electron chi connectivity index (χ1n) is 5.47. The van der Waals surface area contributed by atoms with E-state index in [1.165, 1.54) is 12.1 Å². The first kappa shape index (κ1) is 11.8. The molecule has 1 aliphatic rings. The number of hydrogen-bond acceptors (Lipinski definition) is 4. The van der Waals surface area contributed by atoms with Gasteiger partial charge in [0.05, 0.1) is 16.7 Å². The largest absolute Gasteiger partial charge is 0.381 e. The van der Waals surface area contributed by atoms with Gasteiger partial charge in [0.15, 0.2) is 5.82 Å². The van der Waals surface area contributed by atoms with Crippen LogP contribution in [0.4, 0.5) is 15.8 Å². The molecule has 0 unspecified atom stereocenters. The zero-order valence-corrected chi connectivity index (χ0v) is 9.28. The van der Waals surface area contributed by atoms with Crippen LogP contribution in [0.5, 0.6) is 0 Å². The standard InChI is InChI=1S/C11H14FN3O2/c12-9-6-8(15(16)17)2-3-10(9)14-7-11(13)4-1-5-11/h2-3,6,14H,1,4-5,7,13H2. The number of nitrogens with two attached hydrogens (primary N) is 1. The van der Waals surface area contributed by atoms with Crippen LogP contribution in [0, 0.1) is 15.9 Å². The molecule has 0 aliphatic heterocycles. The lowest BCUT2D eigenvalue weighted by atomic mass is 9.78. The second kappa shape index (κ2) is 4.29. The Morgan fingerprint density at radius 1 is 1.53 bits per heavy atom. The maximum atomic E-state index is 13.5. The average Bonchev–Trinajstić information content (AvgIpc) is 2.24. The number of nitrogens with one attached hydrogen (secondary N) is 1. The minimum absolute atomic E-state index is 0.251. The van der Waals surface area contributed by atoms with Crippen molar-refractivity contribution in [3.8, 4) is 0 Å². The highest BCUT2D eigenvalue weighted by atomic mass is 19.1. The number of hydrogen-bond donors (Lipinski definition) is 2. The van der Waals surface area contributed by atoms with Gasteiger partial charge in [-0.15, -0.1) is 0 Å². The Hall–Kier alpha value is -1.69. The topological polar surface area (TPSA) is 81.2 Å². The summed E-state index contributed by atoms with van der Waals surface area (Å²) in [4.78, 5) is 9.81. The van der Waals surface area contributed by atoms with Gasteiger partial charge in [-0.25, -0.2) is 4.39 Å². The predicted octanol–water partition coefficient (Wildman–Crippen LogP) is 2.03. The highest BCUT2D eigenvalue weighted by Gasteiger charge is 2.32. The first-order chi connectivity index (χ1) is 8.00. The Labute approximate surface area is 98.0 Å². The number of nitrogens with zero attached hydrogens (tertiary/aromatic N) is 1. The summed E-state index contributed by atoms with van der Waals surface area (Å²) < 4.78 is 13.5. The zero-order chi connectivity index (χ0) is 12.5. The molecule has 0 heterocycles. The number of halogens is 1. The maximum Gasteiger partial charge on any atom is 0.272 e. The van der Waals surface area contributed by atoms with Gasteiger partial charge >= 0.3 is 0 Å². The molecule has 0 spiro atoms. The van der Waals surface area contributed by atoms with Crippen LogP contribution >= 0.6 is 0 Å². The number of nitro groups is 1. The van der Waals surface area contributed by atoms with E-state index in [9.17, 15) is 14.5 Å². The summed E-state index contributed by atoms with van der Waals surface area (Å²) in [6.07, 6.45) is 2.95. The summed E-state index contributed by atoms with van der Waals surface area (Å²) in [7, 11) is 0. The van der Waals surface area contributed by atoms with Crippen LogP contribution in [0.15, 0.2) is 18.2 Å². The third-order valence-electron chi connectivity index (χ3n) is 3.14. The third-order valence-corrected chi connectivity index (χ3v) is 3.14. The molecule has 92 valence electrons. The molecule has 6 heteroatoms. The summed E-state index contributed by atoms with van der Waals surface area (Å²) in [5, 5.41) is 13.3. The molecule has 1 aliphatic carbocycles. The molecular weight excluding hydrogens is 225 g/mol. The van der Waals surface area contributed by atoms with Crippen molar-refractivity contribution in [3.63, 3.8) is 0 Å². The van der Waals surface area contributed by atoms with Gasteiger partial charge in [0.25, 0.3) is 5.69 Å². The van der Waals surface area contributed by atoms with E-state index in [0.717, 1.165) is 25.3 Å². The summed E-state index contributed by atoms with van der Waals surface area (Å²) in [5.74, 6) is -0.623. The second-order valence-electron chi connectivity index (χ2n) is 4.49. The second-order valence-corrected chi connectivity index (χ2v) is 4.49. The van der Waals surface area contributed by atoms with E-state index in [-0.39, 0.29) is 16.9 Å². The SMILES string of the molecule is NC1(CNc2ccc([N+](=O)[O-])cc2F)CCC1. The molecule has 1 aromatic rings. The molecule has 17 heavy (non-hydrogen) atoms. The molecule has 1 saturated carbocycles. The van der Waals surface area contributed by atoms with Gasteiger partial charge in [-0.3, -0.25) is 10.1 Å². The highest BCUT2D eigenvalue weighted by molar-refractivity contribution is 5.50. The molecule has 0 aromatic heterocycles. The molecule has 0 amide bonds. The van der Waals surface area contributed by atoms with Crippen LogP contribution in [0.2, 0.25) is 0 Å². The lowest BCUT2D eigenvalue weighted by molar-refractivity contribution is -0.385. The van der Waals surface area contributed by atoms with Gasteiger partial charge in [0.2, 0.25) is 0 Å². The van der Waals surface area contributed by atoms with Crippen molar-refractivity contribution in [1.29, 1.82) is 0 Å². The Morgan fingerprint density at radius 2 is 2.24 bits per heavy atom. The van der Waals surface area contributed by atoms with Crippen molar-refractivity contribution in [3.05, 3.63) is 34.1 Å². The summed E-state index contributed by atoms with van der Waals surface area (Å²) in [6.45, 7) is 0.488. The van der Waals surface area contributed by atoms with Crippen LogP contribution in [0.1, 0.15) is 19.3 Å². The Bertz CT molecular complexity index is 446. The number of nitro benzene ring substituents is 1. The van der Waals surface area contributed by atoms with E-state index in [1.807, 2.05) is 0 Å². The molecule has 1 aromatic carbocycles. The number of benzene rings is 1. The van der Waals surface area contributed by atoms with E-state index in [0.29, 0.717) is 6.54 Å². The van der Waals surface area contributed by atoms with Crippen molar-refractivity contribution in [2.75, 3.05) is 11.9 Å². The van der Waals surface area contributed by atoms with Crippen LogP contribution in [-0.2, 0) is 0 Å². The minimum Gasteiger partial charge on any atom is -0.381 e. The molecule has 3 N–H and O–H groups in total. The van der Waals surface area contributed by atoms with E-state index in [4.69, 9.17) is 5.73 Å². The maximum absolute atomic E-state index is 13.5. The van der Waals surface area contributed by atoms with Crippen LogP contribution in [-0.4, -0.2) is 17.0 Å². The summed E-state index contributed by atoms with van der Waals surface area (Å²) >= 11 is 0. The lowest BCUT2D eigenvalue weighted by Gasteiger charge is -2.38. The van der Waals surface area contributed by atoms with Gasteiger partial charge in [-0.2, -0.15) is 0 Å².